The number of hydrogen-bond acceptors (Lipinski definition) is 3. The van der Waals surface area contributed by atoms with Crippen molar-refractivity contribution < 1.29 is 4.79 Å². The van der Waals surface area contributed by atoms with Gasteiger partial charge >= 0.3 is 0 Å². The molecule has 6 rings (SSSR count). The Bertz CT molecular complexity index is 761. The summed E-state index contributed by atoms with van der Waals surface area (Å²) in [4.78, 5) is 12.4. The van der Waals surface area contributed by atoms with E-state index in [4.69, 9.17) is 23.1 Å². The van der Waals surface area contributed by atoms with Gasteiger partial charge in [0, 0.05) is 5.56 Å². The van der Waals surface area contributed by atoms with E-state index in [-0.39, 0.29) is 17.1 Å². The zero-order valence-electron chi connectivity index (χ0n) is 14.0. The van der Waals surface area contributed by atoms with E-state index in [1.165, 1.54) is 32.1 Å². The fourth-order valence-electron chi connectivity index (χ4n) is 5.87. The Kier molecular flexibility index (Phi) is 3.39. The average Bonchev–Trinajstić information content (AvgIpc) is 2.88. The van der Waals surface area contributed by atoms with Gasteiger partial charge in [-0.2, -0.15) is 5.10 Å². The van der Waals surface area contributed by atoms with Crippen molar-refractivity contribution in [2.45, 2.75) is 38.1 Å². The first kappa shape index (κ1) is 15.3. The molecule has 25 heavy (non-hydrogen) atoms. The summed E-state index contributed by atoms with van der Waals surface area (Å²) in [5, 5.41) is 9.68. The topological polar surface area (TPSA) is 70.7 Å². The van der Waals surface area contributed by atoms with E-state index < -0.39 is 0 Å². The van der Waals surface area contributed by atoms with Crippen LogP contribution < -0.4 is 11.1 Å². The van der Waals surface area contributed by atoms with Crippen molar-refractivity contribution in [1.29, 1.82) is 0 Å². The predicted octanol–water partition coefficient (Wildman–Crippen LogP) is 2.71. The third-order valence-corrected chi connectivity index (χ3v) is 6.73. The Hall–Kier alpha value is -1.95. The monoisotopic (exact) mass is 354 g/mol. The second-order valence-electron chi connectivity index (χ2n) is 8.05. The molecule has 1 amide bonds. The lowest BCUT2D eigenvalue weighted by molar-refractivity contribution is -0.110. The summed E-state index contributed by atoms with van der Waals surface area (Å²) in [7, 11) is 0. The predicted molar refractivity (Wildman–Crippen MR) is 101 cm³/mol. The Morgan fingerprint density at radius 2 is 1.76 bits per heavy atom. The summed E-state index contributed by atoms with van der Waals surface area (Å²) in [5.41, 5.74) is 8.14. The molecule has 0 unspecified atom stereocenters. The molecule has 4 fully saturated rings. The van der Waals surface area contributed by atoms with E-state index in [9.17, 15) is 4.79 Å². The van der Waals surface area contributed by atoms with Gasteiger partial charge in [0.15, 0.2) is 10.8 Å². The van der Waals surface area contributed by atoms with Crippen LogP contribution in [0.3, 0.4) is 0 Å². The van der Waals surface area contributed by atoms with Gasteiger partial charge in [-0.1, -0.05) is 18.2 Å². The van der Waals surface area contributed by atoms with E-state index >= 15 is 0 Å². The van der Waals surface area contributed by atoms with Gasteiger partial charge in [0.1, 0.15) is 0 Å². The molecule has 0 spiro atoms. The lowest BCUT2D eigenvalue weighted by Gasteiger charge is -2.56. The van der Waals surface area contributed by atoms with Crippen molar-refractivity contribution in [1.82, 2.24) is 5.01 Å². The Labute approximate surface area is 152 Å². The Morgan fingerprint density at radius 3 is 2.40 bits per heavy atom. The third-order valence-electron chi connectivity index (χ3n) is 6.54. The minimum Gasteiger partial charge on any atom is -0.375 e. The lowest BCUT2D eigenvalue weighted by atomic mass is 9.54. The number of amides is 1. The molecule has 5 aliphatic rings. The average molecular weight is 354 g/mol. The molecule has 1 aromatic rings. The minimum absolute atomic E-state index is 0.175. The molecule has 1 aromatic carbocycles. The molecule has 0 radical (unpaired) electrons. The lowest BCUT2D eigenvalue weighted by Crippen LogP contribution is -2.57. The molecule has 3 N–H and O–H groups in total. The first-order valence-corrected chi connectivity index (χ1v) is 9.59. The maximum atomic E-state index is 12.4. The highest BCUT2D eigenvalue weighted by molar-refractivity contribution is 7.80. The van der Waals surface area contributed by atoms with Gasteiger partial charge in [0.05, 0.1) is 11.7 Å². The van der Waals surface area contributed by atoms with Gasteiger partial charge in [0.25, 0.3) is 5.91 Å². The fourth-order valence-corrected chi connectivity index (χ4v) is 6.03. The van der Waals surface area contributed by atoms with E-state index in [2.05, 4.69) is 5.32 Å². The molecule has 130 valence electrons. The number of rotatable bonds is 2. The molecule has 4 aliphatic carbocycles. The van der Waals surface area contributed by atoms with Gasteiger partial charge < -0.3 is 11.1 Å². The number of anilines is 1. The fraction of sp³-hybridized carbons (Fsp3) is 0.526. The molecular weight excluding hydrogens is 332 g/mol. The molecule has 0 aromatic heterocycles. The number of nitrogens with zero attached hydrogens (tertiary/aromatic N) is 2. The highest BCUT2D eigenvalue weighted by Crippen LogP contribution is 2.55. The number of fused-ring (bicyclic) bond motifs is 1. The normalized spacial score (nSPS) is 36.4. The number of benzene rings is 1. The summed E-state index contributed by atoms with van der Waals surface area (Å²) < 4.78 is 0. The van der Waals surface area contributed by atoms with Crippen LogP contribution in [0, 0.1) is 23.7 Å². The number of nitrogens with two attached hydrogens (primary N) is 1. The first-order valence-electron chi connectivity index (χ1n) is 9.18. The zero-order chi connectivity index (χ0) is 17.1. The minimum atomic E-state index is -0.175. The van der Waals surface area contributed by atoms with Crippen molar-refractivity contribution in [3.05, 3.63) is 29.8 Å². The number of thiocarbonyl (C=S) groups is 1. The number of carbonyl (C=O) groups is 1. The van der Waals surface area contributed by atoms with E-state index in [1.807, 2.05) is 24.3 Å². The van der Waals surface area contributed by atoms with Crippen LogP contribution in [-0.2, 0) is 4.79 Å². The number of hydrazone groups is 1. The van der Waals surface area contributed by atoms with Gasteiger partial charge in [-0.05, 0) is 74.1 Å². The summed E-state index contributed by atoms with van der Waals surface area (Å²) in [6, 6.07) is 7.89. The highest BCUT2D eigenvalue weighted by Gasteiger charge is 2.51. The van der Waals surface area contributed by atoms with E-state index in [0.29, 0.717) is 17.5 Å². The van der Waals surface area contributed by atoms with Crippen LogP contribution in [0.25, 0.3) is 0 Å². The van der Waals surface area contributed by atoms with E-state index in [1.54, 1.807) is 5.01 Å². The van der Waals surface area contributed by atoms with Crippen LogP contribution in [0.2, 0.25) is 0 Å². The quantitative estimate of drug-likeness (QED) is 0.633. The van der Waals surface area contributed by atoms with Crippen LogP contribution in [-0.4, -0.2) is 27.8 Å². The number of nitrogens with one attached hydrogen (secondary N) is 1. The third kappa shape index (κ3) is 2.38. The number of para-hydroxylation sites is 1. The van der Waals surface area contributed by atoms with Crippen LogP contribution in [0.1, 0.15) is 37.7 Å². The standard InChI is InChI=1S/C19H22N4OS/c20-19(25)23(17-12-6-10-5-11(8-12)9-13(17)7-10)22-16-14-3-1-2-4-15(14)21-18(16)24/h1-4,10-13,17H,5-9H2,(H2,20,25)(H,21,22,24). The van der Waals surface area contributed by atoms with Crippen LogP contribution in [0.15, 0.2) is 29.4 Å². The number of hydrogen-bond donors (Lipinski definition) is 2. The maximum Gasteiger partial charge on any atom is 0.276 e. The van der Waals surface area contributed by atoms with Crippen LogP contribution >= 0.6 is 12.2 Å². The van der Waals surface area contributed by atoms with Gasteiger partial charge in [-0.15, -0.1) is 0 Å². The van der Waals surface area contributed by atoms with Crippen molar-refractivity contribution in [3.63, 3.8) is 0 Å². The Morgan fingerprint density at radius 1 is 1.12 bits per heavy atom. The van der Waals surface area contributed by atoms with Crippen LogP contribution in [0.4, 0.5) is 5.69 Å². The second kappa shape index (κ2) is 5.53. The van der Waals surface area contributed by atoms with Crippen molar-refractivity contribution >= 4 is 34.6 Å². The summed E-state index contributed by atoms with van der Waals surface area (Å²) in [6.45, 7) is 0. The molecule has 5 nitrogen and oxygen atoms in total. The molecule has 1 heterocycles. The second-order valence-corrected chi connectivity index (χ2v) is 8.47. The largest absolute Gasteiger partial charge is 0.375 e. The molecule has 4 bridgehead atoms. The van der Waals surface area contributed by atoms with E-state index in [0.717, 1.165) is 23.1 Å². The Balaban J connectivity index is 1.52. The molecule has 0 atom stereocenters. The molecule has 0 saturated heterocycles. The van der Waals surface area contributed by atoms with Gasteiger partial charge in [-0.25, -0.2) is 5.01 Å². The molecule has 1 aliphatic heterocycles. The SMILES string of the molecule is NC(=S)N(N=C1C(=O)Nc2ccccc21)C1C2CC3CC(C2)CC1C3. The maximum absolute atomic E-state index is 12.4. The molecule has 6 heteroatoms. The molecule has 4 saturated carbocycles. The molecular formula is C19H22N4OS. The highest BCUT2D eigenvalue weighted by atomic mass is 32.1. The number of carbonyl (C=O) groups excluding carboxylic acids is 1. The smallest absolute Gasteiger partial charge is 0.276 e. The van der Waals surface area contributed by atoms with Crippen molar-refractivity contribution in [3.8, 4) is 0 Å². The zero-order valence-corrected chi connectivity index (χ0v) is 14.8. The van der Waals surface area contributed by atoms with Gasteiger partial charge in [-0.3, -0.25) is 4.79 Å². The summed E-state index contributed by atoms with van der Waals surface area (Å²) >= 11 is 5.35. The van der Waals surface area contributed by atoms with Crippen molar-refractivity contribution in [2.24, 2.45) is 34.5 Å². The van der Waals surface area contributed by atoms with Gasteiger partial charge in [0.2, 0.25) is 0 Å². The van der Waals surface area contributed by atoms with Crippen molar-refractivity contribution in [2.75, 3.05) is 5.32 Å². The summed E-state index contributed by atoms with van der Waals surface area (Å²) in [6.07, 6.45) is 6.42. The first-order chi connectivity index (χ1) is 12.1. The summed E-state index contributed by atoms with van der Waals surface area (Å²) in [5.74, 6) is 2.76. The van der Waals surface area contributed by atoms with Crippen LogP contribution in [0.5, 0.6) is 0 Å².